The van der Waals surface area contributed by atoms with Crippen molar-refractivity contribution in [1.29, 1.82) is 0 Å². The fraction of sp³-hybridized carbons (Fsp3) is 0.533. The van der Waals surface area contributed by atoms with E-state index in [0.29, 0.717) is 49.0 Å². The molecule has 0 radical (unpaired) electrons. The van der Waals surface area contributed by atoms with Gasteiger partial charge in [0, 0.05) is 47.7 Å². The van der Waals surface area contributed by atoms with E-state index in [1.54, 1.807) is 0 Å². The third-order valence-electron chi connectivity index (χ3n) is 9.18. The third-order valence-corrected chi connectivity index (χ3v) is 9.18. The van der Waals surface area contributed by atoms with E-state index >= 15 is 0 Å². The molecule has 4 atom stereocenters. The van der Waals surface area contributed by atoms with Crippen LogP contribution >= 0.6 is 0 Å². The SMILES string of the molecule is CN1CCC[C@H]1COc1nc2c(c([C@@H]3C[C@H]4CC[C@@H](C3)N4)n1)CCN(c1cc(O)cc3ccccc13)C2. The molecule has 2 bridgehead atoms. The van der Waals surface area contributed by atoms with Crippen LogP contribution in [0.15, 0.2) is 36.4 Å². The second kappa shape index (κ2) is 9.44. The van der Waals surface area contributed by atoms with Crippen molar-refractivity contribution in [1.82, 2.24) is 20.2 Å². The number of rotatable bonds is 5. The van der Waals surface area contributed by atoms with Crippen LogP contribution in [-0.4, -0.2) is 64.8 Å². The number of likely N-dealkylation sites (N-methyl/N-ethyl adjacent to an activating group) is 1. The van der Waals surface area contributed by atoms with Crippen molar-refractivity contribution in [3.63, 3.8) is 0 Å². The van der Waals surface area contributed by atoms with Gasteiger partial charge in [-0.1, -0.05) is 24.3 Å². The molecule has 194 valence electrons. The normalized spacial score (nSPS) is 27.5. The molecule has 0 spiro atoms. The lowest BCUT2D eigenvalue weighted by atomic mass is 9.85. The van der Waals surface area contributed by atoms with Crippen LogP contribution in [0.5, 0.6) is 11.8 Å². The summed E-state index contributed by atoms with van der Waals surface area (Å²) in [7, 11) is 2.18. The molecule has 3 fully saturated rings. The van der Waals surface area contributed by atoms with Crippen molar-refractivity contribution in [2.24, 2.45) is 0 Å². The summed E-state index contributed by atoms with van der Waals surface area (Å²) in [6.45, 7) is 3.37. The number of phenols is 1. The number of phenolic OH excluding ortho intramolecular Hbond substituents is 1. The minimum Gasteiger partial charge on any atom is -0.508 e. The number of aromatic hydroxyl groups is 1. The minimum absolute atomic E-state index is 0.303. The first-order chi connectivity index (χ1) is 18.1. The number of piperidine rings is 1. The first kappa shape index (κ1) is 23.2. The Morgan fingerprint density at radius 1 is 1.05 bits per heavy atom. The average Bonchev–Trinajstić information content (AvgIpc) is 3.49. The van der Waals surface area contributed by atoms with Crippen LogP contribution < -0.4 is 15.0 Å². The van der Waals surface area contributed by atoms with Gasteiger partial charge in [-0.3, -0.25) is 0 Å². The predicted octanol–water partition coefficient (Wildman–Crippen LogP) is 4.37. The molecule has 7 heteroatoms. The quantitative estimate of drug-likeness (QED) is 0.540. The van der Waals surface area contributed by atoms with Gasteiger partial charge in [0.1, 0.15) is 12.4 Å². The highest BCUT2D eigenvalue weighted by molar-refractivity contribution is 5.95. The third kappa shape index (κ3) is 4.42. The number of aromatic nitrogens is 2. The Kier molecular flexibility index (Phi) is 5.93. The van der Waals surface area contributed by atoms with Gasteiger partial charge in [0.2, 0.25) is 0 Å². The second-order valence-corrected chi connectivity index (χ2v) is 11.6. The van der Waals surface area contributed by atoms with Crippen molar-refractivity contribution in [2.45, 2.75) is 75.5 Å². The summed E-state index contributed by atoms with van der Waals surface area (Å²) in [6, 6.07) is 14.2. The summed E-state index contributed by atoms with van der Waals surface area (Å²) >= 11 is 0. The minimum atomic E-state index is 0.303. The van der Waals surface area contributed by atoms with Gasteiger partial charge >= 0.3 is 6.01 Å². The number of hydrogen-bond acceptors (Lipinski definition) is 7. The second-order valence-electron chi connectivity index (χ2n) is 11.6. The van der Waals surface area contributed by atoms with Gasteiger partial charge in [0.25, 0.3) is 0 Å². The number of benzene rings is 2. The molecular formula is C30H37N5O2. The molecule has 0 saturated carbocycles. The van der Waals surface area contributed by atoms with Gasteiger partial charge in [-0.25, -0.2) is 0 Å². The largest absolute Gasteiger partial charge is 0.508 e. The molecule has 5 heterocycles. The van der Waals surface area contributed by atoms with Crippen LogP contribution in [-0.2, 0) is 13.0 Å². The fourth-order valence-corrected chi connectivity index (χ4v) is 7.22. The Labute approximate surface area is 218 Å². The van der Waals surface area contributed by atoms with E-state index in [4.69, 9.17) is 14.7 Å². The molecule has 0 amide bonds. The van der Waals surface area contributed by atoms with E-state index in [-0.39, 0.29) is 0 Å². The van der Waals surface area contributed by atoms with E-state index in [1.165, 1.54) is 36.9 Å². The van der Waals surface area contributed by atoms with E-state index < -0.39 is 0 Å². The highest BCUT2D eigenvalue weighted by Gasteiger charge is 2.37. The molecule has 3 saturated heterocycles. The number of fused-ring (bicyclic) bond motifs is 4. The van der Waals surface area contributed by atoms with Crippen LogP contribution in [0, 0.1) is 0 Å². The highest BCUT2D eigenvalue weighted by Crippen LogP contribution is 2.41. The van der Waals surface area contributed by atoms with Crippen molar-refractivity contribution < 1.29 is 9.84 Å². The van der Waals surface area contributed by atoms with E-state index in [9.17, 15) is 5.11 Å². The van der Waals surface area contributed by atoms with Crippen molar-refractivity contribution >= 4 is 16.5 Å². The number of nitrogens with zero attached hydrogens (tertiary/aromatic N) is 4. The molecule has 37 heavy (non-hydrogen) atoms. The zero-order chi connectivity index (χ0) is 24.9. The summed E-state index contributed by atoms with van der Waals surface area (Å²) in [6.07, 6.45) is 8.20. The van der Waals surface area contributed by atoms with Crippen LogP contribution in [0.1, 0.15) is 61.4 Å². The van der Waals surface area contributed by atoms with Crippen LogP contribution in [0.2, 0.25) is 0 Å². The molecule has 7 rings (SSSR count). The van der Waals surface area contributed by atoms with Crippen LogP contribution in [0.3, 0.4) is 0 Å². The zero-order valence-corrected chi connectivity index (χ0v) is 21.7. The Hall–Kier alpha value is -2.90. The molecule has 3 aromatic rings. The maximum Gasteiger partial charge on any atom is 0.316 e. The molecule has 0 aliphatic carbocycles. The lowest BCUT2D eigenvalue weighted by Gasteiger charge is -2.35. The van der Waals surface area contributed by atoms with Crippen molar-refractivity contribution in [3.8, 4) is 11.8 Å². The highest BCUT2D eigenvalue weighted by atomic mass is 16.5. The fourth-order valence-electron chi connectivity index (χ4n) is 7.22. The molecule has 0 unspecified atom stereocenters. The lowest BCUT2D eigenvalue weighted by Crippen LogP contribution is -2.39. The standard InChI is InChI=1S/C30H37N5O2/c1-34-11-4-6-23(34)18-37-30-32-27-17-35(28-16-24(36)15-19-5-2-3-7-25(19)28)12-10-26(27)29(33-30)20-13-21-8-9-22(14-20)31-21/h2-3,5,7,15-16,20-23,31,36H,4,6,8-14,17-18H2,1H3/t20-,21-,22+,23-/m0/s1. The van der Waals surface area contributed by atoms with Crippen molar-refractivity contribution in [2.75, 3.05) is 31.6 Å². The molecule has 1 aromatic heterocycles. The Bertz CT molecular complexity index is 1300. The maximum absolute atomic E-state index is 10.5. The number of nitrogens with one attached hydrogen (secondary N) is 1. The monoisotopic (exact) mass is 499 g/mol. The molecule has 7 nitrogen and oxygen atoms in total. The Balaban J connectivity index is 1.23. The van der Waals surface area contributed by atoms with E-state index in [0.717, 1.165) is 54.5 Å². The summed E-state index contributed by atoms with van der Waals surface area (Å²) < 4.78 is 6.32. The number of hydrogen-bond donors (Lipinski definition) is 2. The molecule has 2 aromatic carbocycles. The van der Waals surface area contributed by atoms with Gasteiger partial charge in [0.05, 0.1) is 17.9 Å². The summed E-state index contributed by atoms with van der Waals surface area (Å²) in [5.41, 5.74) is 4.72. The Morgan fingerprint density at radius 3 is 2.70 bits per heavy atom. The van der Waals surface area contributed by atoms with Gasteiger partial charge in [-0.05, 0) is 75.6 Å². The summed E-state index contributed by atoms with van der Waals surface area (Å²) in [5.74, 6) is 0.776. The zero-order valence-electron chi connectivity index (χ0n) is 21.7. The van der Waals surface area contributed by atoms with Gasteiger partial charge in [0.15, 0.2) is 0 Å². The molecule has 4 aliphatic heterocycles. The van der Waals surface area contributed by atoms with Gasteiger partial charge < -0.3 is 25.0 Å². The number of ether oxygens (including phenoxy) is 1. The number of anilines is 1. The summed E-state index contributed by atoms with van der Waals surface area (Å²) in [5, 5.41) is 16.5. The maximum atomic E-state index is 10.5. The first-order valence-electron chi connectivity index (χ1n) is 14.1. The van der Waals surface area contributed by atoms with Crippen LogP contribution in [0.4, 0.5) is 5.69 Å². The van der Waals surface area contributed by atoms with Gasteiger partial charge in [-0.15, -0.1) is 0 Å². The molecule has 4 aliphatic rings. The molecular weight excluding hydrogens is 462 g/mol. The van der Waals surface area contributed by atoms with Gasteiger partial charge in [-0.2, -0.15) is 9.97 Å². The Morgan fingerprint density at radius 2 is 1.89 bits per heavy atom. The number of likely N-dealkylation sites (tertiary alicyclic amines) is 1. The van der Waals surface area contributed by atoms with Crippen molar-refractivity contribution in [3.05, 3.63) is 53.3 Å². The predicted molar refractivity (Wildman–Crippen MR) is 145 cm³/mol. The smallest absolute Gasteiger partial charge is 0.316 e. The molecule has 2 N–H and O–H groups in total. The average molecular weight is 500 g/mol. The van der Waals surface area contributed by atoms with E-state index in [2.05, 4.69) is 40.4 Å². The van der Waals surface area contributed by atoms with Crippen LogP contribution in [0.25, 0.3) is 10.8 Å². The lowest BCUT2D eigenvalue weighted by molar-refractivity contribution is 0.186. The summed E-state index contributed by atoms with van der Waals surface area (Å²) in [4.78, 5) is 14.9. The van der Waals surface area contributed by atoms with E-state index in [1.807, 2.05) is 18.2 Å². The topological polar surface area (TPSA) is 73.8 Å². The first-order valence-corrected chi connectivity index (χ1v) is 14.1.